The molecule has 0 fully saturated rings. The summed E-state index contributed by atoms with van der Waals surface area (Å²) in [6.45, 7) is 16.8. The largest absolute Gasteiger partial charge is 0.466 e. The van der Waals surface area contributed by atoms with Crippen molar-refractivity contribution in [2.45, 2.75) is 92.4 Å². The highest BCUT2D eigenvalue weighted by Crippen LogP contribution is 2.39. The van der Waals surface area contributed by atoms with Crippen molar-refractivity contribution in [3.8, 4) is 5.75 Å². The van der Waals surface area contributed by atoms with Gasteiger partial charge in [0.1, 0.15) is 5.75 Å². The smallest absolute Gasteiger partial charge is 0.343 e. The highest BCUT2D eigenvalue weighted by Gasteiger charge is 2.30. The normalized spacial score (nSPS) is 12.5. The molecule has 4 heteroatoms. The van der Waals surface area contributed by atoms with Gasteiger partial charge in [-0.15, -0.1) is 0 Å². The summed E-state index contributed by atoms with van der Waals surface area (Å²) in [6.07, 6.45) is 3.87. The molecule has 0 saturated heterocycles. The Bertz CT molecular complexity index is 965. The molecule has 0 radical (unpaired) electrons. The van der Waals surface area contributed by atoms with Crippen molar-refractivity contribution in [3.63, 3.8) is 0 Å². The second-order valence-corrected chi connectivity index (χ2v) is 10.6. The van der Waals surface area contributed by atoms with Gasteiger partial charge in [0, 0.05) is 5.56 Å². The first-order chi connectivity index (χ1) is 16.0. The summed E-state index contributed by atoms with van der Waals surface area (Å²) < 4.78 is 11.4. The molecular formula is C30H42O4. The number of aryl methyl sites for hydroxylation is 2. The van der Waals surface area contributed by atoms with Crippen LogP contribution >= 0.6 is 0 Å². The van der Waals surface area contributed by atoms with Crippen molar-refractivity contribution in [1.29, 1.82) is 0 Å². The minimum atomic E-state index is -0.500. The maximum absolute atomic E-state index is 13.1. The third-order valence-electron chi connectivity index (χ3n) is 6.03. The predicted octanol–water partition coefficient (Wildman–Crippen LogP) is 7.55. The van der Waals surface area contributed by atoms with Gasteiger partial charge < -0.3 is 9.47 Å². The lowest BCUT2D eigenvalue weighted by Gasteiger charge is -2.26. The van der Waals surface area contributed by atoms with E-state index in [2.05, 4.69) is 47.6 Å². The molecule has 2 aromatic rings. The van der Waals surface area contributed by atoms with Gasteiger partial charge in [0.05, 0.1) is 18.1 Å². The molecule has 4 nitrogen and oxygen atoms in total. The molecule has 1 unspecified atom stereocenters. The number of hydrogen-bond donors (Lipinski definition) is 0. The molecule has 2 rings (SSSR count). The van der Waals surface area contributed by atoms with Gasteiger partial charge in [-0.2, -0.15) is 0 Å². The number of ether oxygens (including phenoxy) is 2. The van der Waals surface area contributed by atoms with Crippen LogP contribution in [0.25, 0.3) is 0 Å². The predicted molar refractivity (Wildman–Crippen MR) is 139 cm³/mol. The van der Waals surface area contributed by atoms with E-state index in [9.17, 15) is 9.59 Å². The monoisotopic (exact) mass is 466 g/mol. The Balaban J connectivity index is 2.51. The Morgan fingerprint density at radius 2 is 1.65 bits per heavy atom. The van der Waals surface area contributed by atoms with E-state index < -0.39 is 11.9 Å². The summed E-state index contributed by atoms with van der Waals surface area (Å²) >= 11 is 0. The fourth-order valence-corrected chi connectivity index (χ4v) is 4.04. The van der Waals surface area contributed by atoms with E-state index >= 15 is 0 Å². The Hall–Kier alpha value is -2.62. The van der Waals surface area contributed by atoms with Gasteiger partial charge >= 0.3 is 11.9 Å². The summed E-state index contributed by atoms with van der Waals surface area (Å²) in [5.74, 6) is -0.458. The van der Waals surface area contributed by atoms with Crippen molar-refractivity contribution in [2.24, 2.45) is 5.92 Å². The lowest BCUT2D eigenvalue weighted by atomic mass is 9.81. The molecule has 0 heterocycles. The summed E-state index contributed by atoms with van der Waals surface area (Å²) in [7, 11) is 0. The quantitative estimate of drug-likeness (QED) is 0.268. The summed E-state index contributed by atoms with van der Waals surface area (Å²) in [5, 5.41) is 0. The standard InChI is InChI=1S/C30H42O4/c1-9-11-12-22-13-15-23(16-14-22)28(31)34-27-21(5)18-24(30(6,7)8)19-25(27)26(17-20(3)4)29(32)33-10-2/h13-16,18-20,26H,9-12,17H2,1-8H3. The molecule has 0 saturated carbocycles. The Morgan fingerprint density at radius 1 is 1.00 bits per heavy atom. The Kier molecular flexibility index (Phi) is 9.90. The molecule has 0 N–H and O–H groups in total. The van der Waals surface area contributed by atoms with Gasteiger partial charge in [-0.25, -0.2) is 4.79 Å². The van der Waals surface area contributed by atoms with Gasteiger partial charge in [0.15, 0.2) is 0 Å². The van der Waals surface area contributed by atoms with Crippen LogP contribution in [0.5, 0.6) is 5.75 Å². The van der Waals surface area contributed by atoms with Crippen LogP contribution in [-0.2, 0) is 21.4 Å². The molecule has 0 aliphatic heterocycles. The van der Waals surface area contributed by atoms with Gasteiger partial charge in [-0.05, 0) is 73.3 Å². The SMILES string of the molecule is CCCCc1ccc(C(=O)Oc2c(C)cc(C(C)(C)C)cc2C(CC(C)C)C(=O)OCC)cc1. The molecule has 0 aliphatic rings. The first kappa shape index (κ1) is 27.6. The average Bonchev–Trinajstić information content (AvgIpc) is 2.77. The van der Waals surface area contributed by atoms with Crippen molar-refractivity contribution in [2.75, 3.05) is 6.61 Å². The lowest BCUT2D eigenvalue weighted by Crippen LogP contribution is -2.22. The van der Waals surface area contributed by atoms with E-state index in [-0.39, 0.29) is 17.3 Å². The zero-order valence-corrected chi connectivity index (χ0v) is 22.3. The maximum Gasteiger partial charge on any atom is 0.343 e. The zero-order chi connectivity index (χ0) is 25.5. The minimum absolute atomic E-state index is 0.118. The van der Waals surface area contributed by atoms with E-state index in [4.69, 9.17) is 9.47 Å². The van der Waals surface area contributed by atoms with Crippen LogP contribution < -0.4 is 4.74 Å². The third kappa shape index (κ3) is 7.44. The van der Waals surface area contributed by atoms with E-state index in [1.807, 2.05) is 44.2 Å². The van der Waals surface area contributed by atoms with E-state index in [1.165, 1.54) is 5.56 Å². The number of rotatable bonds is 10. The van der Waals surface area contributed by atoms with Crippen molar-refractivity contribution < 1.29 is 19.1 Å². The number of unbranched alkanes of at least 4 members (excludes halogenated alkanes) is 1. The van der Waals surface area contributed by atoms with Crippen LogP contribution in [0.4, 0.5) is 0 Å². The van der Waals surface area contributed by atoms with Gasteiger partial charge in [0.25, 0.3) is 0 Å². The fourth-order valence-electron chi connectivity index (χ4n) is 4.04. The molecule has 2 aromatic carbocycles. The number of carbonyl (C=O) groups excluding carboxylic acids is 2. The highest BCUT2D eigenvalue weighted by atomic mass is 16.5. The lowest BCUT2D eigenvalue weighted by molar-refractivity contribution is -0.145. The van der Waals surface area contributed by atoms with Gasteiger partial charge in [-0.3, -0.25) is 4.79 Å². The summed E-state index contributed by atoms with van der Waals surface area (Å²) in [6, 6.07) is 11.7. The van der Waals surface area contributed by atoms with E-state index in [1.54, 1.807) is 0 Å². The van der Waals surface area contributed by atoms with Gasteiger partial charge in [0.2, 0.25) is 0 Å². The fraction of sp³-hybridized carbons (Fsp3) is 0.533. The summed E-state index contributed by atoms with van der Waals surface area (Å²) in [5.41, 5.74) is 4.26. The molecule has 1 atom stereocenters. The van der Waals surface area contributed by atoms with Crippen molar-refractivity contribution >= 4 is 11.9 Å². The minimum Gasteiger partial charge on any atom is -0.466 e. The first-order valence-electron chi connectivity index (χ1n) is 12.6. The number of benzene rings is 2. The number of carbonyl (C=O) groups is 2. The van der Waals surface area contributed by atoms with Crippen molar-refractivity contribution in [3.05, 3.63) is 64.2 Å². The van der Waals surface area contributed by atoms with E-state index in [0.29, 0.717) is 24.3 Å². The molecule has 0 aromatic heterocycles. The molecule has 186 valence electrons. The van der Waals surface area contributed by atoms with Crippen molar-refractivity contribution in [1.82, 2.24) is 0 Å². The van der Waals surface area contributed by atoms with Crippen LogP contribution in [0, 0.1) is 12.8 Å². The summed E-state index contributed by atoms with van der Waals surface area (Å²) in [4.78, 5) is 26.1. The van der Waals surface area contributed by atoms with Gasteiger partial charge in [-0.1, -0.05) is 72.2 Å². The van der Waals surface area contributed by atoms with Crippen LogP contribution in [0.15, 0.2) is 36.4 Å². The molecule has 0 spiro atoms. The molecular weight excluding hydrogens is 424 g/mol. The molecule has 0 aliphatic carbocycles. The van der Waals surface area contributed by atoms with Crippen LogP contribution in [0.2, 0.25) is 0 Å². The second kappa shape index (κ2) is 12.2. The zero-order valence-electron chi connectivity index (χ0n) is 22.3. The van der Waals surface area contributed by atoms with Crippen LogP contribution in [-0.4, -0.2) is 18.5 Å². The first-order valence-corrected chi connectivity index (χ1v) is 12.6. The topological polar surface area (TPSA) is 52.6 Å². The number of hydrogen-bond acceptors (Lipinski definition) is 4. The van der Waals surface area contributed by atoms with E-state index in [0.717, 1.165) is 36.0 Å². The Labute approximate surface area is 206 Å². The van der Waals surface area contributed by atoms with Crippen LogP contribution in [0.3, 0.4) is 0 Å². The average molecular weight is 467 g/mol. The highest BCUT2D eigenvalue weighted by molar-refractivity contribution is 5.92. The maximum atomic E-state index is 13.1. The third-order valence-corrected chi connectivity index (χ3v) is 6.03. The second-order valence-electron chi connectivity index (χ2n) is 10.6. The molecule has 34 heavy (non-hydrogen) atoms. The molecule has 0 bridgehead atoms. The molecule has 0 amide bonds. The Morgan fingerprint density at radius 3 is 2.18 bits per heavy atom. The van der Waals surface area contributed by atoms with Crippen LogP contribution in [0.1, 0.15) is 106 Å². The number of esters is 2.